The highest BCUT2D eigenvalue weighted by Crippen LogP contribution is 2.52. The summed E-state index contributed by atoms with van der Waals surface area (Å²) in [7, 11) is 0. The van der Waals surface area contributed by atoms with E-state index < -0.39 is 58.8 Å². The van der Waals surface area contributed by atoms with Gasteiger partial charge in [-0.3, -0.25) is 44.3 Å². The molecule has 4 heterocycles. The van der Waals surface area contributed by atoms with Gasteiger partial charge in [-0.1, -0.05) is 12.1 Å². The highest BCUT2D eigenvalue weighted by molar-refractivity contribution is 6.23. The predicted octanol–water partition coefficient (Wildman–Crippen LogP) is 0.894. The van der Waals surface area contributed by atoms with Crippen LogP contribution < -0.4 is 16.4 Å². The maximum Gasteiger partial charge on any atom is 0.349 e. The third-order valence-electron chi connectivity index (χ3n) is 8.81. The lowest BCUT2D eigenvalue weighted by atomic mass is 9.90. The first-order valence-electron chi connectivity index (χ1n) is 14.0. The molecule has 4 aliphatic heterocycles. The van der Waals surface area contributed by atoms with Gasteiger partial charge in [-0.15, -0.1) is 0 Å². The number of cyclic esters (lactones) is 2. The Balaban J connectivity index is 0.000000131. The Morgan fingerprint density at radius 3 is 1.78 bits per heavy atom. The van der Waals surface area contributed by atoms with Crippen LogP contribution >= 0.6 is 0 Å². The van der Waals surface area contributed by atoms with E-state index in [2.05, 4.69) is 15.4 Å². The normalized spacial score (nSPS) is 24.6. The Morgan fingerprint density at radius 1 is 0.689 bits per heavy atom. The van der Waals surface area contributed by atoms with Gasteiger partial charge in [0.1, 0.15) is 23.2 Å². The number of carbonyl (C=O) groups excluding carboxylic acids is 8. The number of amides is 6. The van der Waals surface area contributed by atoms with Crippen molar-refractivity contribution in [2.24, 2.45) is 16.6 Å². The largest absolute Gasteiger partial charge is 0.386 e. The number of esters is 2. The number of fused-ring (bicyclic) bond motifs is 2. The first kappa shape index (κ1) is 29.9. The highest BCUT2D eigenvalue weighted by Gasteiger charge is 2.59. The molecule has 2 aliphatic carbocycles. The van der Waals surface area contributed by atoms with Crippen molar-refractivity contribution in [2.45, 2.75) is 50.6 Å². The molecule has 6 amide bonds. The Hall–Kier alpha value is -5.18. The molecule has 6 aliphatic rings. The van der Waals surface area contributed by atoms with Crippen LogP contribution in [0.15, 0.2) is 36.4 Å². The van der Waals surface area contributed by atoms with Crippen molar-refractivity contribution in [3.05, 3.63) is 70.3 Å². The van der Waals surface area contributed by atoms with Crippen molar-refractivity contribution >= 4 is 47.4 Å². The first-order chi connectivity index (χ1) is 21.3. The molecule has 15 heteroatoms. The van der Waals surface area contributed by atoms with Crippen LogP contribution in [0.25, 0.3) is 0 Å². The van der Waals surface area contributed by atoms with Crippen LogP contribution in [0.3, 0.4) is 0 Å². The van der Waals surface area contributed by atoms with Crippen LogP contribution in [-0.2, 0) is 23.9 Å². The van der Waals surface area contributed by atoms with Gasteiger partial charge in [0.2, 0.25) is 23.6 Å². The molecule has 45 heavy (non-hydrogen) atoms. The number of piperidine rings is 2. The number of halogens is 2. The van der Waals surface area contributed by atoms with Crippen molar-refractivity contribution in [3.63, 3.8) is 0 Å². The molecular formula is C30H24F2N4O9. The standard InChI is InChI=1S/C15H11FN2O4.C8H3FO3.C7H10N2O2/c16-8-3-1-2-7-10(8)13(21)18(12(7)20)9-6-15(4-5-15)14(22)17-11(9)19;9-5-3-1-2-4-6(5)8(11)12-7(4)10;8-4-3-7(1-2-7)6(11)9-5(4)10/h1-3,9H,4-6H2,(H,17,19,22);1-3H;4H,1-3,8H2,(H,9,10,11). The SMILES string of the molecule is NC1CC2(CC2)C(=O)NC1=O.O=C1NC(=O)C2(CC2)CC1N1C(=O)c2cccc(F)c2C1=O.O=C1OC(=O)c2c(F)cccc21. The van der Waals surface area contributed by atoms with Gasteiger partial charge in [0, 0.05) is 0 Å². The minimum absolute atomic E-state index is 0.000000000000000444. The fraction of sp³-hybridized carbons (Fsp3) is 0.333. The van der Waals surface area contributed by atoms with E-state index in [9.17, 15) is 47.1 Å². The average Bonchev–Trinajstić information content (AvgIpc) is 3.90. The summed E-state index contributed by atoms with van der Waals surface area (Å²) in [5, 5.41) is 4.50. The summed E-state index contributed by atoms with van der Waals surface area (Å²) < 4.78 is 30.9. The van der Waals surface area contributed by atoms with E-state index in [1.807, 2.05) is 0 Å². The highest BCUT2D eigenvalue weighted by atomic mass is 19.1. The lowest BCUT2D eigenvalue weighted by Gasteiger charge is -2.32. The fourth-order valence-electron chi connectivity index (χ4n) is 5.84. The number of hydrogen-bond acceptors (Lipinski definition) is 10. The fourth-order valence-corrected chi connectivity index (χ4v) is 5.84. The lowest BCUT2D eigenvalue weighted by Crippen LogP contribution is -2.58. The third kappa shape index (κ3) is 4.98. The summed E-state index contributed by atoms with van der Waals surface area (Å²) in [5.74, 6) is -6.18. The van der Waals surface area contributed by atoms with E-state index in [0.717, 1.165) is 29.9 Å². The summed E-state index contributed by atoms with van der Waals surface area (Å²) in [4.78, 5) is 93.1. The molecule has 2 unspecified atom stereocenters. The maximum absolute atomic E-state index is 13.8. The van der Waals surface area contributed by atoms with Crippen LogP contribution in [0.4, 0.5) is 8.78 Å². The number of rotatable bonds is 1. The van der Waals surface area contributed by atoms with Crippen LogP contribution in [0.5, 0.6) is 0 Å². The smallest absolute Gasteiger partial charge is 0.349 e. The zero-order valence-corrected chi connectivity index (χ0v) is 23.3. The molecule has 0 aromatic heterocycles. The summed E-state index contributed by atoms with van der Waals surface area (Å²) in [5.41, 5.74) is 3.97. The molecule has 2 saturated heterocycles. The number of ether oxygens (including phenoxy) is 1. The van der Waals surface area contributed by atoms with Gasteiger partial charge in [-0.05, 0) is 62.8 Å². The van der Waals surface area contributed by atoms with Crippen molar-refractivity contribution in [1.29, 1.82) is 0 Å². The van der Waals surface area contributed by atoms with Crippen LogP contribution in [0, 0.1) is 22.5 Å². The van der Waals surface area contributed by atoms with Crippen LogP contribution in [0.2, 0.25) is 0 Å². The zero-order chi connectivity index (χ0) is 32.4. The quantitative estimate of drug-likeness (QED) is 0.233. The van der Waals surface area contributed by atoms with Crippen molar-refractivity contribution in [2.75, 3.05) is 0 Å². The molecule has 2 aromatic carbocycles. The molecule has 4 N–H and O–H groups in total. The van der Waals surface area contributed by atoms with E-state index >= 15 is 0 Å². The second-order valence-corrected chi connectivity index (χ2v) is 11.7. The Bertz CT molecular complexity index is 1770. The number of nitrogens with one attached hydrogen (secondary N) is 2. The number of hydrogen-bond donors (Lipinski definition) is 3. The topological polar surface area (TPSA) is 199 Å². The zero-order valence-electron chi connectivity index (χ0n) is 23.3. The number of benzene rings is 2. The maximum atomic E-state index is 13.8. The number of imide groups is 3. The van der Waals surface area contributed by atoms with E-state index in [-0.39, 0.29) is 51.8 Å². The Morgan fingerprint density at radius 2 is 1.22 bits per heavy atom. The van der Waals surface area contributed by atoms with E-state index in [4.69, 9.17) is 5.73 Å². The number of carbonyl (C=O) groups is 8. The molecule has 2 saturated carbocycles. The van der Waals surface area contributed by atoms with E-state index in [0.29, 0.717) is 19.3 Å². The molecule has 2 atom stereocenters. The molecule has 2 spiro atoms. The van der Waals surface area contributed by atoms with E-state index in [1.54, 1.807) is 0 Å². The van der Waals surface area contributed by atoms with Crippen LogP contribution in [-0.4, -0.2) is 64.4 Å². The van der Waals surface area contributed by atoms with Gasteiger partial charge >= 0.3 is 11.9 Å². The number of nitrogens with zero attached hydrogens (tertiary/aromatic N) is 1. The van der Waals surface area contributed by atoms with Gasteiger partial charge in [-0.2, -0.15) is 0 Å². The second-order valence-electron chi connectivity index (χ2n) is 11.7. The van der Waals surface area contributed by atoms with Gasteiger partial charge in [0.25, 0.3) is 11.8 Å². The molecule has 8 rings (SSSR count). The molecule has 232 valence electrons. The minimum atomic E-state index is -1.06. The second kappa shape index (κ2) is 10.5. The predicted molar refractivity (Wildman–Crippen MR) is 144 cm³/mol. The van der Waals surface area contributed by atoms with Crippen molar-refractivity contribution in [1.82, 2.24) is 15.5 Å². The average molecular weight is 623 g/mol. The molecule has 4 fully saturated rings. The molecule has 2 aromatic rings. The first-order valence-corrected chi connectivity index (χ1v) is 14.0. The minimum Gasteiger partial charge on any atom is -0.386 e. The summed E-state index contributed by atoms with van der Waals surface area (Å²) in [6.07, 6.45) is 3.68. The van der Waals surface area contributed by atoms with E-state index in [1.165, 1.54) is 24.3 Å². The number of nitrogens with two attached hydrogens (primary N) is 1. The Kier molecular flexibility index (Phi) is 6.95. The molecule has 0 bridgehead atoms. The summed E-state index contributed by atoms with van der Waals surface area (Å²) in [6.45, 7) is 0. The summed E-state index contributed by atoms with van der Waals surface area (Å²) >= 11 is 0. The molecule has 13 nitrogen and oxygen atoms in total. The Labute approximate surface area is 252 Å². The van der Waals surface area contributed by atoms with Gasteiger partial charge in [0.05, 0.1) is 33.6 Å². The van der Waals surface area contributed by atoms with Crippen molar-refractivity contribution < 1.29 is 51.9 Å². The van der Waals surface area contributed by atoms with Gasteiger partial charge < -0.3 is 10.5 Å². The molecular weight excluding hydrogens is 598 g/mol. The lowest BCUT2D eigenvalue weighted by molar-refractivity contribution is -0.141. The summed E-state index contributed by atoms with van der Waals surface area (Å²) in [6, 6.07) is 6.08. The van der Waals surface area contributed by atoms with Crippen molar-refractivity contribution in [3.8, 4) is 0 Å². The molecule has 0 radical (unpaired) electrons. The monoisotopic (exact) mass is 622 g/mol. The van der Waals surface area contributed by atoms with Gasteiger partial charge in [0.15, 0.2) is 0 Å². The third-order valence-corrected chi connectivity index (χ3v) is 8.81. The van der Waals surface area contributed by atoms with Crippen LogP contribution in [0.1, 0.15) is 80.0 Å². The van der Waals surface area contributed by atoms with Gasteiger partial charge in [-0.25, -0.2) is 18.4 Å².